The summed E-state index contributed by atoms with van der Waals surface area (Å²) in [6.07, 6.45) is 1.79. The average Bonchev–Trinajstić information content (AvgIpc) is 2.94. The van der Waals surface area contributed by atoms with Crippen molar-refractivity contribution in [3.05, 3.63) is 125 Å². The highest BCUT2D eigenvalue weighted by Crippen LogP contribution is 2.56. The van der Waals surface area contributed by atoms with Gasteiger partial charge in [-0.05, 0) is 41.0 Å². The zero-order valence-electron chi connectivity index (χ0n) is 21.0. The molecule has 0 fully saturated rings. The van der Waals surface area contributed by atoms with Crippen molar-refractivity contribution in [1.82, 2.24) is 4.98 Å². The number of nitrogens with one attached hydrogen (secondary N) is 1. The van der Waals surface area contributed by atoms with E-state index in [1.54, 1.807) is 6.20 Å². The number of ketones is 1. The normalized spacial score (nSPS) is 12.9. The molecule has 1 aromatic heterocycles. The van der Waals surface area contributed by atoms with Crippen molar-refractivity contribution in [2.75, 3.05) is 5.32 Å². The van der Waals surface area contributed by atoms with Gasteiger partial charge in [0, 0.05) is 28.7 Å². The maximum Gasteiger partial charge on any atom is 0.195 e. The summed E-state index contributed by atoms with van der Waals surface area (Å²) in [5.74, 6) is 0.0396. The fourth-order valence-electron chi connectivity index (χ4n) is 4.84. The Morgan fingerprint density at radius 1 is 0.588 bits per heavy atom. The molecule has 2 aliphatic rings. The Kier molecular flexibility index (Phi) is 8.01. The van der Waals surface area contributed by atoms with E-state index in [-0.39, 0.29) is 5.78 Å². The third kappa shape index (κ3) is 3.62. The minimum Gasteiger partial charge on any atom is -0.355 e. The van der Waals surface area contributed by atoms with E-state index in [0.29, 0.717) is 5.56 Å². The Morgan fingerprint density at radius 3 is 1.65 bits per heavy atom. The summed E-state index contributed by atoms with van der Waals surface area (Å²) >= 11 is 0. The van der Waals surface area contributed by atoms with Crippen LogP contribution in [0.3, 0.4) is 0 Å². The summed E-state index contributed by atoms with van der Waals surface area (Å²) in [6, 6.07) is 28.3. The lowest BCUT2D eigenvalue weighted by molar-refractivity contribution is 0.103. The molecule has 3 aromatic carbocycles. The highest BCUT2D eigenvalue weighted by molar-refractivity contribution is 6.14. The van der Waals surface area contributed by atoms with Gasteiger partial charge in [-0.2, -0.15) is 0 Å². The van der Waals surface area contributed by atoms with Gasteiger partial charge < -0.3 is 5.32 Å². The van der Waals surface area contributed by atoms with E-state index in [1.807, 2.05) is 84.0 Å². The summed E-state index contributed by atoms with van der Waals surface area (Å²) in [5.41, 5.74) is 6.92. The molecule has 0 amide bonds. The van der Waals surface area contributed by atoms with E-state index in [1.165, 1.54) is 0 Å². The second-order valence-corrected chi connectivity index (χ2v) is 7.24. The van der Waals surface area contributed by atoms with Crippen LogP contribution < -0.4 is 5.32 Å². The van der Waals surface area contributed by atoms with Crippen LogP contribution in [0.4, 0.5) is 11.4 Å². The average molecular weight is 451 g/mol. The van der Waals surface area contributed by atoms with E-state index >= 15 is 0 Å². The number of carbonyl (C=O) groups is 1. The Bertz CT molecular complexity index is 1180. The van der Waals surface area contributed by atoms with Gasteiger partial charge in [0.15, 0.2) is 5.78 Å². The maximum atomic E-state index is 13.3. The van der Waals surface area contributed by atoms with Gasteiger partial charge in [-0.25, -0.2) is 0 Å². The predicted octanol–water partition coefficient (Wildman–Crippen LogP) is 8.14. The van der Waals surface area contributed by atoms with Gasteiger partial charge >= 0.3 is 0 Å². The highest BCUT2D eigenvalue weighted by Gasteiger charge is 2.51. The molecule has 0 saturated carbocycles. The van der Waals surface area contributed by atoms with Crippen LogP contribution in [0.25, 0.3) is 0 Å². The van der Waals surface area contributed by atoms with Gasteiger partial charge in [-0.1, -0.05) is 102 Å². The van der Waals surface area contributed by atoms with Crippen LogP contribution in [0.1, 0.15) is 79.8 Å². The molecule has 1 aliphatic heterocycles. The van der Waals surface area contributed by atoms with E-state index in [2.05, 4.69) is 47.8 Å². The fraction of sp³-hybridized carbons (Fsp3) is 0.226. The largest absolute Gasteiger partial charge is 0.355 e. The number of hydrogen-bond donors (Lipinski definition) is 1. The second kappa shape index (κ2) is 10.9. The Hall–Kier alpha value is -3.72. The molecule has 174 valence electrons. The summed E-state index contributed by atoms with van der Waals surface area (Å²) in [5, 5.41) is 3.57. The second-order valence-electron chi connectivity index (χ2n) is 7.24. The van der Waals surface area contributed by atoms with Crippen LogP contribution in [-0.2, 0) is 5.41 Å². The summed E-state index contributed by atoms with van der Waals surface area (Å²) in [4.78, 5) is 18.1. The van der Waals surface area contributed by atoms with Crippen molar-refractivity contribution < 1.29 is 4.79 Å². The molecule has 0 bridgehead atoms. The number of anilines is 2. The first-order chi connectivity index (χ1) is 16.8. The van der Waals surface area contributed by atoms with Crippen molar-refractivity contribution in [3.63, 3.8) is 0 Å². The number of aromatic nitrogens is 1. The molecular formula is C31H34N2O. The zero-order chi connectivity index (χ0) is 24.7. The quantitative estimate of drug-likeness (QED) is 0.254. The third-order valence-corrected chi connectivity index (χ3v) is 5.91. The molecule has 1 aliphatic carbocycles. The van der Waals surface area contributed by atoms with Crippen LogP contribution in [0.2, 0.25) is 0 Å². The molecule has 3 heteroatoms. The third-order valence-electron chi connectivity index (χ3n) is 5.91. The van der Waals surface area contributed by atoms with Gasteiger partial charge in [0.25, 0.3) is 0 Å². The molecule has 3 nitrogen and oxygen atoms in total. The molecule has 0 atom stereocenters. The number of fused-ring (bicyclic) bond motifs is 8. The molecule has 4 aromatic rings. The van der Waals surface area contributed by atoms with Crippen LogP contribution in [0, 0.1) is 0 Å². The van der Waals surface area contributed by atoms with Crippen molar-refractivity contribution in [2.45, 2.75) is 47.0 Å². The number of benzene rings is 3. The molecule has 1 N–H and O–H groups in total. The van der Waals surface area contributed by atoms with Crippen LogP contribution in [0.5, 0.6) is 0 Å². The van der Waals surface area contributed by atoms with Gasteiger partial charge in [0.05, 0.1) is 11.1 Å². The SMILES string of the molecule is CC.CC.CC.O=C1c2ccccc2C2(c3ccccc3Nc3ccccc32)c2ncccc21. The number of carbonyl (C=O) groups excluding carboxylic acids is 1. The van der Waals surface area contributed by atoms with E-state index in [0.717, 1.165) is 39.3 Å². The van der Waals surface area contributed by atoms with Gasteiger partial charge in [0.1, 0.15) is 0 Å². The number of para-hydroxylation sites is 2. The summed E-state index contributed by atoms with van der Waals surface area (Å²) in [7, 11) is 0. The highest BCUT2D eigenvalue weighted by atomic mass is 16.1. The minimum absolute atomic E-state index is 0.0396. The monoisotopic (exact) mass is 450 g/mol. The topological polar surface area (TPSA) is 42.0 Å². The van der Waals surface area contributed by atoms with Gasteiger partial charge in [-0.3, -0.25) is 9.78 Å². The lowest BCUT2D eigenvalue weighted by Gasteiger charge is -2.44. The first-order valence-corrected chi connectivity index (χ1v) is 12.4. The van der Waals surface area contributed by atoms with Crippen LogP contribution in [-0.4, -0.2) is 10.8 Å². The summed E-state index contributed by atoms with van der Waals surface area (Å²) < 4.78 is 0. The molecule has 0 radical (unpaired) electrons. The molecular weight excluding hydrogens is 416 g/mol. The van der Waals surface area contributed by atoms with Gasteiger partial charge in [-0.15, -0.1) is 0 Å². The van der Waals surface area contributed by atoms with Crippen molar-refractivity contribution in [1.29, 1.82) is 0 Å². The lowest BCUT2D eigenvalue weighted by atomic mass is 9.59. The molecule has 1 spiro atoms. The first kappa shape index (κ1) is 24.9. The van der Waals surface area contributed by atoms with Crippen molar-refractivity contribution >= 4 is 17.2 Å². The zero-order valence-corrected chi connectivity index (χ0v) is 21.0. The van der Waals surface area contributed by atoms with E-state index < -0.39 is 5.41 Å². The Balaban J connectivity index is 0.000000503. The molecule has 34 heavy (non-hydrogen) atoms. The molecule has 0 saturated heterocycles. The Morgan fingerprint density at radius 2 is 1.06 bits per heavy atom. The van der Waals surface area contributed by atoms with Crippen molar-refractivity contribution in [3.8, 4) is 0 Å². The molecule has 2 heterocycles. The van der Waals surface area contributed by atoms with Gasteiger partial charge in [0.2, 0.25) is 0 Å². The standard InChI is InChI=1S/C25H16N2O.3C2H6/c28-23-16-8-1-2-10-18(16)25(24-17(23)9-7-15-26-24)19-11-3-5-13-21(19)27-22-14-6-4-12-20(22)25;3*1-2/h1-15,27H;3*1-2H3. The predicted molar refractivity (Wildman–Crippen MR) is 143 cm³/mol. The van der Waals surface area contributed by atoms with E-state index in [9.17, 15) is 4.79 Å². The fourth-order valence-corrected chi connectivity index (χ4v) is 4.84. The van der Waals surface area contributed by atoms with Crippen LogP contribution >= 0.6 is 0 Å². The number of pyridine rings is 1. The smallest absolute Gasteiger partial charge is 0.195 e. The lowest BCUT2D eigenvalue weighted by Crippen LogP contribution is -2.41. The molecule has 6 rings (SSSR count). The van der Waals surface area contributed by atoms with E-state index in [4.69, 9.17) is 4.98 Å². The Labute approximate surface area is 203 Å². The summed E-state index contributed by atoms with van der Waals surface area (Å²) in [6.45, 7) is 12.0. The molecule has 0 unspecified atom stereocenters. The number of nitrogens with zero attached hydrogens (tertiary/aromatic N) is 1. The van der Waals surface area contributed by atoms with Crippen LogP contribution in [0.15, 0.2) is 91.1 Å². The minimum atomic E-state index is -0.625. The first-order valence-electron chi connectivity index (χ1n) is 12.4. The number of rotatable bonds is 0. The van der Waals surface area contributed by atoms with Crippen molar-refractivity contribution in [2.24, 2.45) is 0 Å². The maximum absolute atomic E-state index is 13.3. The number of hydrogen-bond acceptors (Lipinski definition) is 3.